The molecule has 84 valence electrons. The molecule has 15 heavy (non-hydrogen) atoms. The second-order valence-corrected chi connectivity index (χ2v) is 3.11. The van der Waals surface area contributed by atoms with Gasteiger partial charge in [-0.3, -0.25) is 0 Å². The third kappa shape index (κ3) is 2.84. The van der Waals surface area contributed by atoms with Gasteiger partial charge in [0, 0.05) is 0 Å². The summed E-state index contributed by atoms with van der Waals surface area (Å²) in [6.45, 7) is 0. The summed E-state index contributed by atoms with van der Waals surface area (Å²) in [7, 11) is 0. The van der Waals surface area contributed by atoms with Crippen molar-refractivity contribution in [3.63, 3.8) is 0 Å². The number of phenols is 1. The molecule has 0 radical (unpaired) electrons. The molecule has 0 bridgehead atoms. The average Bonchev–Trinajstić information content (AvgIpc) is 2.14. The van der Waals surface area contributed by atoms with E-state index in [0.717, 1.165) is 6.07 Å². The van der Waals surface area contributed by atoms with Gasteiger partial charge in [-0.1, -0.05) is 12.1 Å². The first-order valence-corrected chi connectivity index (χ1v) is 4.11. The van der Waals surface area contributed by atoms with Crippen LogP contribution < -0.4 is 5.73 Å². The molecule has 0 saturated heterocycles. The van der Waals surface area contributed by atoms with Gasteiger partial charge < -0.3 is 15.9 Å². The van der Waals surface area contributed by atoms with Crippen LogP contribution in [0.5, 0.6) is 5.75 Å². The highest BCUT2D eigenvalue weighted by molar-refractivity contribution is 5.29. The topological polar surface area (TPSA) is 66.5 Å². The lowest BCUT2D eigenvalue weighted by atomic mass is 10.0. The highest BCUT2D eigenvalue weighted by atomic mass is 19.4. The Kier molecular flexibility index (Phi) is 3.21. The summed E-state index contributed by atoms with van der Waals surface area (Å²) in [5.74, 6) is -0.197. The second-order valence-electron chi connectivity index (χ2n) is 3.11. The molecule has 1 rings (SSSR count). The molecular weight excluding hydrogens is 211 g/mol. The summed E-state index contributed by atoms with van der Waals surface area (Å²) in [5, 5.41) is 17.9. The number of benzene rings is 1. The van der Waals surface area contributed by atoms with Gasteiger partial charge in [-0.2, -0.15) is 13.2 Å². The number of aromatic hydroxyl groups is 1. The van der Waals surface area contributed by atoms with Crippen molar-refractivity contribution in [2.24, 2.45) is 5.73 Å². The van der Waals surface area contributed by atoms with Gasteiger partial charge in [0.25, 0.3) is 0 Å². The molecule has 0 saturated carbocycles. The van der Waals surface area contributed by atoms with E-state index in [-0.39, 0.29) is 11.3 Å². The van der Waals surface area contributed by atoms with Gasteiger partial charge in [-0.25, -0.2) is 0 Å². The van der Waals surface area contributed by atoms with Crippen LogP contribution in [0.15, 0.2) is 24.3 Å². The van der Waals surface area contributed by atoms with Crippen LogP contribution in [0.2, 0.25) is 0 Å². The van der Waals surface area contributed by atoms with E-state index in [4.69, 9.17) is 15.9 Å². The van der Waals surface area contributed by atoms with E-state index in [9.17, 15) is 13.2 Å². The zero-order valence-corrected chi connectivity index (χ0v) is 7.57. The van der Waals surface area contributed by atoms with Crippen LogP contribution in [0.4, 0.5) is 13.2 Å². The summed E-state index contributed by atoms with van der Waals surface area (Å²) in [4.78, 5) is 0. The van der Waals surface area contributed by atoms with Crippen LogP contribution >= 0.6 is 0 Å². The number of aliphatic hydroxyl groups is 1. The van der Waals surface area contributed by atoms with Gasteiger partial charge in [-0.15, -0.1) is 0 Å². The van der Waals surface area contributed by atoms with Crippen LogP contribution in [-0.2, 0) is 0 Å². The van der Waals surface area contributed by atoms with Crippen molar-refractivity contribution in [3.8, 4) is 5.75 Å². The number of hydrogen-bond acceptors (Lipinski definition) is 3. The molecule has 0 fully saturated rings. The molecule has 1 aromatic carbocycles. The number of aliphatic hydroxyl groups excluding tert-OH is 1. The van der Waals surface area contributed by atoms with Crippen LogP contribution in [0.25, 0.3) is 0 Å². The van der Waals surface area contributed by atoms with Gasteiger partial charge in [0.15, 0.2) is 6.10 Å². The van der Waals surface area contributed by atoms with Gasteiger partial charge in [0.1, 0.15) is 5.75 Å². The normalized spacial score (nSPS) is 16.1. The average molecular weight is 221 g/mol. The summed E-state index contributed by atoms with van der Waals surface area (Å²) in [5.41, 5.74) is 5.24. The predicted molar refractivity (Wildman–Crippen MR) is 47.1 cm³/mol. The maximum Gasteiger partial charge on any atom is 0.416 e. The zero-order valence-electron chi connectivity index (χ0n) is 7.57. The Hall–Kier alpha value is -1.27. The lowest BCUT2D eigenvalue weighted by Gasteiger charge is -2.21. The molecule has 4 N–H and O–H groups in total. The van der Waals surface area contributed by atoms with Crippen LogP contribution in [0, 0.1) is 0 Å². The number of halogens is 3. The molecule has 0 aromatic heterocycles. The molecule has 0 amide bonds. The molecule has 0 aliphatic rings. The lowest BCUT2D eigenvalue weighted by Crippen LogP contribution is -2.38. The van der Waals surface area contributed by atoms with Crippen molar-refractivity contribution < 1.29 is 23.4 Å². The van der Waals surface area contributed by atoms with Crippen molar-refractivity contribution in [1.82, 2.24) is 0 Å². The number of rotatable bonds is 2. The Morgan fingerprint density at radius 1 is 1.27 bits per heavy atom. The first kappa shape index (κ1) is 11.8. The van der Waals surface area contributed by atoms with E-state index in [1.54, 1.807) is 0 Å². The summed E-state index contributed by atoms with van der Waals surface area (Å²) in [6.07, 6.45) is -7.41. The van der Waals surface area contributed by atoms with Crippen molar-refractivity contribution in [3.05, 3.63) is 29.8 Å². The Morgan fingerprint density at radius 3 is 2.33 bits per heavy atom. The van der Waals surface area contributed by atoms with E-state index in [0.29, 0.717) is 0 Å². The monoisotopic (exact) mass is 221 g/mol. The molecule has 6 heteroatoms. The predicted octanol–water partition coefficient (Wildman–Crippen LogP) is 1.32. The van der Waals surface area contributed by atoms with Crippen LogP contribution in [-0.4, -0.2) is 22.5 Å². The van der Waals surface area contributed by atoms with Crippen LogP contribution in [0.3, 0.4) is 0 Å². The Labute approximate surface area is 84.0 Å². The highest BCUT2D eigenvalue weighted by Gasteiger charge is 2.42. The fourth-order valence-electron chi connectivity index (χ4n) is 1.12. The highest BCUT2D eigenvalue weighted by Crippen LogP contribution is 2.29. The second kappa shape index (κ2) is 4.08. The first-order chi connectivity index (χ1) is 6.82. The van der Waals surface area contributed by atoms with Crippen molar-refractivity contribution in [2.75, 3.05) is 0 Å². The smallest absolute Gasteiger partial charge is 0.416 e. The van der Waals surface area contributed by atoms with Gasteiger partial charge in [0.05, 0.1) is 6.04 Å². The summed E-state index contributed by atoms with van der Waals surface area (Å²) >= 11 is 0. The summed E-state index contributed by atoms with van der Waals surface area (Å²) in [6, 6.07) is 3.44. The van der Waals surface area contributed by atoms with Gasteiger partial charge in [-0.05, 0) is 17.7 Å². The lowest BCUT2D eigenvalue weighted by molar-refractivity contribution is -0.210. The number of hydrogen-bond donors (Lipinski definition) is 3. The quantitative estimate of drug-likeness (QED) is 0.705. The van der Waals surface area contributed by atoms with E-state index < -0.39 is 18.3 Å². The van der Waals surface area contributed by atoms with Crippen molar-refractivity contribution >= 4 is 0 Å². The molecule has 0 aliphatic heterocycles. The van der Waals surface area contributed by atoms with Gasteiger partial charge >= 0.3 is 6.18 Å². The zero-order chi connectivity index (χ0) is 11.6. The van der Waals surface area contributed by atoms with E-state index in [1.807, 2.05) is 0 Å². The minimum absolute atomic E-state index is 0.0276. The maximum absolute atomic E-state index is 12.1. The van der Waals surface area contributed by atoms with Crippen molar-refractivity contribution in [1.29, 1.82) is 0 Å². The maximum atomic E-state index is 12.1. The van der Waals surface area contributed by atoms with E-state index in [2.05, 4.69) is 0 Å². The number of nitrogens with two attached hydrogens (primary N) is 1. The molecule has 2 atom stereocenters. The van der Waals surface area contributed by atoms with Gasteiger partial charge in [0.2, 0.25) is 0 Å². The van der Waals surface area contributed by atoms with Crippen LogP contribution in [0.1, 0.15) is 11.6 Å². The minimum Gasteiger partial charge on any atom is -0.508 e. The first-order valence-electron chi connectivity index (χ1n) is 4.11. The fraction of sp³-hybridized carbons (Fsp3) is 0.333. The number of phenolic OH excluding ortho intramolecular Hbond substituents is 1. The summed E-state index contributed by atoms with van der Waals surface area (Å²) < 4.78 is 36.3. The molecule has 0 aliphatic carbocycles. The third-order valence-electron chi connectivity index (χ3n) is 1.93. The molecule has 0 spiro atoms. The van der Waals surface area contributed by atoms with Crippen molar-refractivity contribution in [2.45, 2.75) is 18.3 Å². The largest absolute Gasteiger partial charge is 0.508 e. The third-order valence-corrected chi connectivity index (χ3v) is 1.93. The Bertz CT molecular complexity index is 340. The van der Waals surface area contributed by atoms with E-state index >= 15 is 0 Å². The molecule has 0 unspecified atom stereocenters. The minimum atomic E-state index is -4.77. The molecule has 0 heterocycles. The molecular formula is C9H10F3NO2. The Balaban J connectivity index is 2.90. The molecule has 1 aromatic rings. The fourth-order valence-corrected chi connectivity index (χ4v) is 1.12. The standard InChI is InChI=1S/C9H10F3NO2/c10-9(11,12)8(15)7(13)5-2-1-3-6(14)4-5/h1-4,7-8,14-15H,13H2/t7-,8-/m1/s1. The van der Waals surface area contributed by atoms with E-state index in [1.165, 1.54) is 18.2 Å². The SMILES string of the molecule is N[C@H](c1cccc(O)c1)[C@@H](O)C(F)(F)F. The molecule has 3 nitrogen and oxygen atoms in total. The number of alkyl halides is 3. The Morgan fingerprint density at radius 2 is 1.87 bits per heavy atom.